The molecule has 0 bridgehead atoms. The van der Waals surface area contributed by atoms with E-state index in [1.807, 2.05) is 14.0 Å². The molecule has 2 aromatic rings. The lowest BCUT2D eigenvalue weighted by Crippen LogP contribution is -2.13. The van der Waals surface area contributed by atoms with Crippen molar-refractivity contribution in [1.29, 1.82) is 0 Å². The normalized spacial score (nSPS) is 12.2. The molecule has 0 saturated heterocycles. The summed E-state index contributed by atoms with van der Waals surface area (Å²) >= 11 is 5.79. The maximum absolute atomic E-state index is 10.9. The molecule has 2 aromatic heterocycles. The molecular formula is C11H12ClN5O2. The second-order valence-corrected chi connectivity index (χ2v) is 4.42. The standard InChI is InChI=1S/C11H12ClN5O2/c1-6(10-16-13-5-17(10)2)14-9-4-7(11(18)19)3-8(12)15-9/h3-6H,1-2H3,(H,14,15)(H,18,19). The van der Waals surface area contributed by atoms with Gasteiger partial charge in [-0.25, -0.2) is 9.78 Å². The summed E-state index contributed by atoms with van der Waals surface area (Å²) in [6.45, 7) is 1.87. The van der Waals surface area contributed by atoms with Crippen molar-refractivity contribution in [3.8, 4) is 0 Å². The van der Waals surface area contributed by atoms with Gasteiger partial charge in [0.1, 0.15) is 17.3 Å². The molecule has 0 fully saturated rings. The van der Waals surface area contributed by atoms with Crippen LogP contribution in [0.3, 0.4) is 0 Å². The monoisotopic (exact) mass is 281 g/mol. The summed E-state index contributed by atoms with van der Waals surface area (Å²) < 4.78 is 1.76. The van der Waals surface area contributed by atoms with Gasteiger partial charge in [-0.3, -0.25) is 0 Å². The van der Waals surface area contributed by atoms with Gasteiger partial charge in [0, 0.05) is 7.05 Å². The summed E-state index contributed by atoms with van der Waals surface area (Å²) in [6.07, 6.45) is 1.58. The Balaban J connectivity index is 2.24. The number of hydrogen-bond acceptors (Lipinski definition) is 5. The number of nitrogens with zero attached hydrogens (tertiary/aromatic N) is 4. The second-order valence-electron chi connectivity index (χ2n) is 4.04. The molecule has 19 heavy (non-hydrogen) atoms. The minimum Gasteiger partial charge on any atom is -0.478 e. The predicted octanol–water partition coefficient (Wildman–Crippen LogP) is 1.73. The van der Waals surface area contributed by atoms with E-state index in [9.17, 15) is 4.79 Å². The van der Waals surface area contributed by atoms with Gasteiger partial charge in [0.05, 0.1) is 11.6 Å². The topological polar surface area (TPSA) is 92.9 Å². The maximum atomic E-state index is 10.9. The van der Waals surface area contributed by atoms with Gasteiger partial charge in [-0.1, -0.05) is 11.6 Å². The Bertz CT molecular complexity index is 613. The molecule has 2 heterocycles. The van der Waals surface area contributed by atoms with Crippen molar-refractivity contribution in [3.05, 3.63) is 35.0 Å². The maximum Gasteiger partial charge on any atom is 0.335 e. The molecule has 8 heteroatoms. The quantitative estimate of drug-likeness (QED) is 0.829. The summed E-state index contributed by atoms with van der Waals surface area (Å²) in [5, 5.41) is 19.9. The molecule has 0 spiro atoms. The summed E-state index contributed by atoms with van der Waals surface area (Å²) in [4.78, 5) is 15.0. The van der Waals surface area contributed by atoms with Crippen molar-refractivity contribution in [2.45, 2.75) is 13.0 Å². The molecule has 0 radical (unpaired) electrons. The Morgan fingerprint density at radius 1 is 1.53 bits per heavy atom. The lowest BCUT2D eigenvalue weighted by atomic mass is 10.2. The van der Waals surface area contributed by atoms with Crippen LogP contribution < -0.4 is 5.32 Å². The van der Waals surface area contributed by atoms with E-state index in [-0.39, 0.29) is 16.8 Å². The van der Waals surface area contributed by atoms with Crippen molar-refractivity contribution in [1.82, 2.24) is 19.7 Å². The van der Waals surface area contributed by atoms with Gasteiger partial charge in [0.25, 0.3) is 0 Å². The largest absolute Gasteiger partial charge is 0.478 e. The Morgan fingerprint density at radius 2 is 2.26 bits per heavy atom. The molecule has 2 rings (SSSR count). The van der Waals surface area contributed by atoms with E-state index < -0.39 is 5.97 Å². The number of nitrogens with one attached hydrogen (secondary N) is 1. The number of aromatic carboxylic acids is 1. The van der Waals surface area contributed by atoms with Crippen molar-refractivity contribution in [2.24, 2.45) is 7.05 Å². The summed E-state index contributed by atoms with van der Waals surface area (Å²) in [5.41, 5.74) is 0.0765. The van der Waals surface area contributed by atoms with Gasteiger partial charge in [-0.2, -0.15) is 0 Å². The van der Waals surface area contributed by atoms with Crippen molar-refractivity contribution >= 4 is 23.4 Å². The number of anilines is 1. The average molecular weight is 282 g/mol. The number of carboxylic acids is 1. The highest BCUT2D eigenvalue weighted by Gasteiger charge is 2.14. The third-order valence-electron chi connectivity index (χ3n) is 2.54. The third kappa shape index (κ3) is 3.00. The van der Waals surface area contributed by atoms with Gasteiger partial charge >= 0.3 is 5.97 Å². The molecule has 0 aliphatic carbocycles. The lowest BCUT2D eigenvalue weighted by Gasteiger charge is -2.14. The zero-order valence-corrected chi connectivity index (χ0v) is 11.1. The van der Waals surface area contributed by atoms with Gasteiger partial charge in [-0.05, 0) is 19.1 Å². The molecule has 0 saturated carbocycles. The lowest BCUT2D eigenvalue weighted by molar-refractivity contribution is 0.0697. The summed E-state index contributed by atoms with van der Waals surface area (Å²) in [6, 6.07) is 2.53. The van der Waals surface area contributed by atoms with Crippen LogP contribution in [-0.2, 0) is 7.05 Å². The molecule has 100 valence electrons. The number of carbonyl (C=O) groups is 1. The van der Waals surface area contributed by atoms with E-state index in [0.29, 0.717) is 11.6 Å². The molecular weight excluding hydrogens is 270 g/mol. The van der Waals surface area contributed by atoms with Crippen LogP contribution in [0.5, 0.6) is 0 Å². The van der Waals surface area contributed by atoms with Gasteiger partial charge in [0.15, 0.2) is 5.82 Å². The predicted molar refractivity (Wildman–Crippen MR) is 69.2 cm³/mol. The number of hydrogen-bond donors (Lipinski definition) is 2. The Morgan fingerprint density at radius 3 is 2.84 bits per heavy atom. The first-order valence-electron chi connectivity index (χ1n) is 5.48. The molecule has 1 atom stereocenters. The number of aromatic nitrogens is 4. The fourth-order valence-corrected chi connectivity index (χ4v) is 1.87. The third-order valence-corrected chi connectivity index (χ3v) is 2.73. The van der Waals surface area contributed by atoms with Gasteiger partial charge in [0.2, 0.25) is 0 Å². The number of carboxylic acid groups (broad SMARTS) is 1. The van der Waals surface area contributed by atoms with E-state index in [1.165, 1.54) is 12.1 Å². The zero-order chi connectivity index (χ0) is 14.0. The van der Waals surface area contributed by atoms with Crippen molar-refractivity contribution in [2.75, 3.05) is 5.32 Å². The highest BCUT2D eigenvalue weighted by Crippen LogP contribution is 2.19. The van der Waals surface area contributed by atoms with Crippen LogP contribution >= 0.6 is 11.6 Å². The van der Waals surface area contributed by atoms with Crippen LogP contribution in [0.25, 0.3) is 0 Å². The van der Waals surface area contributed by atoms with E-state index in [2.05, 4.69) is 20.5 Å². The fourth-order valence-electron chi connectivity index (χ4n) is 1.66. The SMILES string of the molecule is CC(Nc1cc(C(=O)O)cc(Cl)n1)c1nncn1C. The smallest absolute Gasteiger partial charge is 0.335 e. The van der Waals surface area contributed by atoms with Crippen molar-refractivity contribution in [3.63, 3.8) is 0 Å². The Hall–Kier alpha value is -2.15. The second kappa shape index (κ2) is 5.23. The fraction of sp³-hybridized carbons (Fsp3) is 0.273. The molecule has 7 nitrogen and oxygen atoms in total. The number of rotatable bonds is 4. The minimum absolute atomic E-state index is 0.0765. The zero-order valence-electron chi connectivity index (χ0n) is 10.3. The molecule has 0 aromatic carbocycles. The van der Waals surface area contributed by atoms with Crippen LogP contribution in [0.15, 0.2) is 18.5 Å². The highest BCUT2D eigenvalue weighted by atomic mass is 35.5. The Kier molecular flexibility index (Phi) is 3.66. The number of aryl methyl sites for hydroxylation is 1. The minimum atomic E-state index is -1.06. The van der Waals surface area contributed by atoms with Crippen LogP contribution in [0.2, 0.25) is 5.15 Å². The van der Waals surface area contributed by atoms with E-state index in [4.69, 9.17) is 16.7 Å². The van der Waals surface area contributed by atoms with Crippen LogP contribution in [0.1, 0.15) is 29.1 Å². The molecule has 2 N–H and O–H groups in total. The molecule has 0 amide bonds. The first kappa shape index (κ1) is 13.3. The van der Waals surface area contributed by atoms with E-state index in [1.54, 1.807) is 10.9 Å². The molecule has 1 unspecified atom stereocenters. The molecule has 0 aliphatic rings. The van der Waals surface area contributed by atoms with Crippen molar-refractivity contribution < 1.29 is 9.90 Å². The number of halogens is 1. The van der Waals surface area contributed by atoms with Crippen LogP contribution in [-0.4, -0.2) is 30.8 Å². The first-order chi connectivity index (χ1) is 8.97. The van der Waals surface area contributed by atoms with Gasteiger partial charge in [-0.15, -0.1) is 10.2 Å². The van der Waals surface area contributed by atoms with Crippen LogP contribution in [0, 0.1) is 0 Å². The Labute approximate surface area is 114 Å². The van der Waals surface area contributed by atoms with Crippen LogP contribution in [0.4, 0.5) is 5.82 Å². The summed E-state index contributed by atoms with van der Waals surface area (Å²) in [5.74, 6) is 0.0257. The first-order valence-corrected chi connectivity index (χ1v) is 5.86. The van der Waals surface area contributed by atoms with E-state index in [0.717, 1.165) is 0 Å². The highest BCUT2D eigenvalue weighted by molar-refractivity contribution is 6.29. The van der Waals surface area contributed by atoms with E-state index >= 15 is 0 Å². The number of pyridine rings is 1. The summed E-state index contributed by atoms with van der Waals surface area (Å²) in [7, 11) is 1.82. The molecule has 0 aliphatic heterocycles. The average Bonchev–Trinajstić information content (AvgIpc) is 2.74. The van der Waals surface area contributed by atoms with Gasteiger partial charge < -0.3 is 15.0 Å².